The Morgan fingerprint density at radius 3 is 2.43 bits per heavy atom. The van der Waals surface area contributed by atoms with E-state index in [0.717, 1.165) is 49.1 Å². The Balaban J connectivity index is 2.00. The second kappa shape index (κ2) is 9.40. The number of aliphatic hydroxyl groups is 1. The average Bonchev–Trinajstić information content (AvgIpc) is 2.83. The molecule has 150 valence electrons. The van der Waals surface area contributed by atoms with Gasteiger partial charge in [-0.3, -0.25) is 0 Å². The summed E-state index contributed by atoms with van der Waals surface area (Å²) in [6.45, 7) is 0.892. The van der Waals surface area contributed by atoms with E-state index in [1.807, 2.05) is 18.2 Å². The molecule has 0 aromatic heterocycles. The summed E-state index contributed by atoms with van der Waals surface area (Å²) in [4.78, 5) is 2.21. The zero-order chi connectivity index (χ0) is 20.0. The molecule has 1 N–H and O–H groups in total. The Labute approximate surface area is 169 Å². The van der Waals surface area contributed by atoms with Crippen LogP contribution in [0.1, 0.15) is 36.8 Å². The first-order valence-corrected chi connectivity index (χ1v) is 10.3. The van der Waals surface area contributed by atoms with Crippen molar-refractivity contribution in [3.05, 3.63) is 71.3 Å². The maximum absolute atomic E-state index is 12.1. The molecular formula is C25H33NO2. The van der Waals surface area contributed by atoms with Gasteiger partial charge in [0.25, 0.3) is 0 Å². The van der Waals surface area contributed by atoms with Crippen molar-refractivity contribution in [1.29, 1.82) is 0 Å². The fraction of sp³-hybridized carbons (Fsp3) is 0.440. The minimum atomic E-state index is -0.831. The Morgan fingerprint density at radius 2 is 1.79 bits per heavy atom. The minimum Gasteiger partial charge on any atom is -0.497 e. The molecule has 3 heteroatoms. The number of rotatable bonds is 6. The summed E-state index contributed by atoms with van der Waals surface area (Å²) in [6.07, 6.45) is 7.16. The van der Waals surface area contributed by atoms with Crippen molar-refractivity contribution < 1.29 is 9.84 Å². The van der Waals surface area contributed by atoms with Crippen molar-refractivity contribution in [3.8, 4) is 5.75 Å². The highest BCUT2D eigenvalue weighted by atomic mass is 16.5. The summed E-state index contributed by atoms with van der Waals surface area (Å²) in [7, 11) is 5.88. The van der Waals surface area contributed by atoms with Crippen LogP contribution in [0.15, 0.2) is 60.2 Å². The van der Waals surface area contributed by atoms with Gasteiger partial charge in [-0.15, -0.1) is 0 Å². The van der Waals surface area contributed by atoms with Gasteiger partial charge in [-0.05, 0) is 62.2 Å². The van der Waals surface area contributed by atoms with Gasteiger partial charge in [0.05, 0.1) is 12.7 Å². The fourth-order valence-electron chi connectivity index (χ4n) is 4.37. The van der Waals surface area contributed by atoms with Crippen LogP contribution < -0.4 is 4.74 Å². The van der Waals surface area contributed by atoms with Crippen molar-refractivity contribution in [3.63, 3.8) is 0 Å². The zero-order valence-corrected chi connectivity index (χ0v) is 17.4. The topological polar surface area (TPSA) is 32.7 Å². The summed E-state index contributed by atoms with van der Waals surface area (Å²) in [5.41, 5.74) is 2.64. The van der Waals surface area contributed by atoms with Crippen LogP contribution in [0.25, 0.3) is 6.08 Å². The van der Waals surface area contributed by atoms with Crippen LogP contribution in [-0.2, 0) is 6.42 Å². The molecular weight excluding hydrogens is 346 g/mol. The lowest BCUT2D eigenvalue weighted by Crippen LogP contribution is -2.45. The van der Waals surface area contributed by atoms with Gasteiger partial charge in [-0.2, -0.15) is 0 Å². The van der Waals surface area contributed by atoms with E-state index in [2.05, 4.69) is 61.5 Å². The highest BCUT2D eigenvalue weighted by Crippen LogP contribution is 2.40. The van der Waals surface area contributed by atoms with Crippen molar-refractivity contribution in [1.82, 2.24) is 4.90 Å². The van der Waals surface area contributed by atoms with Gasteiger partial charge in [0.15, 0.2) is 0 Å². The number of hydrogen-bond donors (Lipinski definition) is 1. The minimum absolute atomic E-state index is 0.217. The molecule has 3 rings (SSSR count). The Bertz CT molecular complexity index is 767. The highest BCUT2D eigenvalue weighted by Gasteiger charge is 2.41. The van der Waals surface area contributed by atoms with Crippen LogP contribution in [0.2, 0.25) is 0 Å². The number of benzene rings is 2. The fourth-order valence-corrected chi connectivity index (χ4v) is 4.37. The first-order chi connectivity index (χ1) is 13.5. The normalized spacial score (nSPS) is 24.3. The molecule has 2 aromatic carbocycles. The molecule has 28 heavy (non-hydrogen) atoms. The second-order valence-corrected chi connectivity index (χ2v) is 8.23. The van der Waals surface area contributed by atoms with E-state index in [1.54, 1.807) is 7.11 Å². The van der Waals surface area contributed by atoms with Crippen LogP contribution in [0.4, 0.5) is 0 Å². The average molecular weight is 380 g/mol. The Morgan fingerprint density at radius 1 is 1.07 bits per heavy atom. The quantitative estimate of drug-likeness (QED) is 0.732. The summed E-state index contributed by atoms with van der Waals surface area (Å²) >= 11 is 0. The Hall–Kier alpha value is -2.10. The third-order valence-corrected chi connectivity index (χ3v) is 5.84. The van der Waals surface area contributed by atoms with Crippen LogP contribution in [0, 0.1) is 5.92 Å². The van der Waals surface area contributed by atoms with Gasteiger partial charge in [0.1, 0.15) is 5.75 Å². The number of ether oxygens (including phenoxy) is 1. The molecule has 0 radical (unpaired) electrons. The molecule has 3 nitrogen and oxygen atoms in total. The van der Waals surface area contributed by atoms with E-state index < -0.39 is 5.60 Å². The first-order valence-electron chi connectivity index (χ1n) is 10.3. The lowest BCUT2D eigenvalue weighted by atomic mass is 9.75. The molecule has 0 aliphatic heterocycles. The van der Waals surface area contributed by atoms with Crippen molar-refractivity contribution in [2.75, 3.05) is 27.7 Å². The molecule has 0 saturated heterocycles. The van der Waals surface area contributed by atoms with Gasteiger partial charge >= 0.3 is 0 Å². The standard InChI is InChI=1S/C25H33NO2/c1-26(2)19-23-12-8-7-11-22(17-20-13-15-24(28-3)16-14-20)25(23,27)18-21-9-5-4-6-10-21/h4-6,9-10,13-17,23,27H,7-8,11-12,18-19H2,1-3H3/b22-17+. The number of nitrogens with zero attached hydrogens (tertiary/aromatic N) is 1. The van der Waals surface area contributed by atoms with E-state index in [0.29, 0.717) is 6.42 Å². The van der Waals surface area contributed by atoms with E-state index in [-0.39, 0.29) is 5.92 Å². The number of methoxy groups -OCH3 is 1. The second-order valence-electron chi connectivity index (χ2n) is 8.23. The molecule has 1 saturated carbocycles. The monoisotopic (exact) mass is 379 g/mol. The lowest BCUT2D eigenvalue weighted by molar-refractivity contribution is 0.00517. The van der Waals surface area contributed by atoms with E-state index in [1.165, 1.54) is 5.56 Å². The molecule has 1 aliphatic carbocycles. The smallest absolute Gasteiger partial charge is 0.118 e. The lowest BCUT2D eigenvalue weighted by Gasteiger charge is -2.39. The van der Waals surface area contributed by atoms with E-state index in [9.17, 15) is 5.11 Å². The number of hydrogen-bond acceptors (Lipinski definition) is 3. The molecule has 0 amide bonds. The van der Waals surface area contributed by atoms with Crippen LogP contribution in [0.5, 0.6) is 5.75 Å². The molecule has 2 unspecified atom stereocenters. The van der Waals surface area contributed by atoms with Gasteiger partial charge in [-0.25, -0.2) is 0 Å². The van der Waals surface area contributed by atoms with Crippen molar-refractivity contribution in [2.24, 2.45) is 5.92 Å². The summed E-state index contributed by atoms with van der Waals surface area (Å²) < 4.78 is 5.28. The Kier molecular flexibility index (Phi) is 6.93. The highest BCUT2D eigenvalue weighted by molar-refractivity contribution is 5.57. The summed E-state index contributed by atoms with van der Waals surface area (Å²) in [6, 6.07) is 18.5. The molecule has 0 heterocycles. The predicted octanol–water partition coefficient (Wildman–Crippen LogP) is 4.80. The van der Waals surface area contributed by atoms with E-state index in [4.69, 9.17) is 4.74 Å². The molecule has 2 atom stereocenters. The van der Waals surface area contributed by atoms with Gasteiger partial charge in [0, 0.05) is 18.9 Å². The summed E-state index contributed by atoms with van der Waals surface area (Å²) in [5, 5.41) is 12.1. The van der Waals surface area contributed by atoms with Crippen molar-refractivity contribution >= 4 is 6.08 Å². The van der Waals surface area contributed by atoms with Gasteiger partial charge in [0.2, 0.25) is 0 Å². The van der Waals surface area contributed by atoms with Gasteiger partial charge in [-0.1, -0.05) is 55.0 Å². The molecule has 0 spiro atoms. The molecule has 0 bridgehead atoms. The largest absolute Gasteiger partial charge is 0.497 e. The van der Waals surface area contributed by atoms with Crippen LogP contribution in [-0.4, -0.2) is 43.4 Å². The maximum atomic E-state index is 12.1. The van der Waals surface area contributed by atoms with Crippen LogP contribution in [0.3, 0.4) is 0 Å². The molecule has 2 aromatic rings. The third kappa shape index (κ3) is 5.03. The van der Waals surface area contributed by atoms with Gasteiger partial charge < -0.3 is 14.7 Å². The SMILES string of the molecule is COc1ccc(/C=C2\CCCCC(CN(C)C)C2(O)Cc2ccccc2)cc1. The summed E-state index contributed by atoms with van der Waals surface area (Å²) in [5.74, 6) is 1.07. The zero-order valence-electron chi connectivity index (χ0n) is 17.4. The first kappa shape index (κ1) is 20.6. The van der Waals surface area contributed by atoms with Crippen molar-refractivity contribution in [2.45, 2.75) is 37.7 Å². The molecule has 1 aliphatic rings. The predicted molar refractivity (Wildman–Crippen MR) is 117 cm³/mol. The van der Waals surface area contributed by atoms with Crippen LogP contribution >= 0.6 is 0 Å². The molecule has 1 fully saturated rings. The van der Waals surface area contributed by atoms with E-state index >= 15 is 0 Å². The third-order valence-electron chi connectivity index (χ3n) is 5.84. The maximum Gasteiger partial charge on any atom is 0.118 e.